The van der Waals surface area contributed by atoms with Gasteiger partial charge in [-0.2, -0.15) is 0 Å². The minimum Gasteiger partial charge on any atom is -0.456 e. The van der Waals surface area contributed by atoms with Gasteiger partial charge in [-0.25, -0.2) is 15.0 Å². The number of hydrogen-bond acceptors (Lipinski definition) is 4. The van der Waals surface area contributed by atoms with Crippen molar-refractivity contribution in [2.24, 2.45) is 0 Å². The Labute approximate surface area is 294 Å². The van der Waals surface area contributed by atoms with Gasteiger partial charge in [-0.1, -0.05) is 152 Å². The molecule has 0 aliphatic rings. The zero-order chi connectivity index (χ0) is 33.7. The fourth-order valence-electron chi connectivity index (χ4n) is 7.18. The number of nitrogens with zero attached hydrogens (tertiary/aromatic N) is 3. The number of hydrogen-bond donors (Lipinski definition) is 0. The number of benzene rings is 8. The Morgan fingerprint density at radius 1 is 0.314 bits per heavy atom. The standard InChI is InChI=1S/C47H29N3O/c1-3-11-30(12-4-1)32-19-22-34(23-20-32)45-48-46(36-25-26-39-35(27-36)24-21-33-15-7-8-16-38(33)39)50-47(49-45)41-28-37(31-13-5-2-6-14-31)29-43-44(41)40-17-9-10-18-42(40)51-43/h1-29H. The Balaban J connectivity index is 1.21. The van der Waals surface area contributed by atoms with Gasteiger partial charge in [0.15, 0.2) is 17.5 Å². The normalized spacial score (nSPS) is 11.5. The van der Waals surface area contributed by atoms with Crippen LogP contribution in [0.2, 0.25) is 0 Å². The molecule has 0 unspecified atom stereocenters. The molecule has 0 amide bonds. The highest BCUT2D eigenvalue weighted by molar-refractivity contribution is 6.13. The lowest BCUT2D eigenvalue weighted by Crippen LogP contribution is -2.01. The Hall–Kier alpha value is -6.91. The quantitative estimate of drug-likeness (QED) is 0.174. The van der Waals surface area contributed by atoms with Gasteiger partial charge in [0.05, 0.1) is 0 Å². The second-order valence-corrected chi connectivity index (χ2v) is 12.8. The van der Waals surface area contributed by atoms with E-state index in [0.29, 0.717) is 17.5 Å². The Kier molecular flexibility index (Phi) is 6.78. The second kappa shape index (κ2) is 11.9. The Morgan fingerprint density at radius 2 is 0.863 bits per heavy atom. The zero-order valence-corrected chi connectivity index (χ0v) is 27.5. The highest BCUT2D eigenvalue weighted by atomic mass is 16.3. The zero-order valence-electron chi connectivity index (χ0n) is 27.5. The van der Waals surface area contributed by atoms with Crippen LogP contribution in [0.3, 0.4) is 0 Å². The van der Waals surface area contributed by atoms with Crippen LogP contribution < -0.4 is 0 Å². The average molecular weight is 652 g/mol. The van der Waals surface area contributed by atoms with E-state index < -0.39 is 0 Å². The molecule has 4 nitrogen and oxygen atoms in total. The molecule has 238 valence electrons. The minimum atomic E-state index is 0.593. The molecule has 0 radical (unpaired) electrons. The van der Waals surface area contributed by atoms with Gasteiger partial charge in [0, 0.05) is 27.5 Å². The summed E-state index contributed by atoms with van der Waals surface area (Å²) in [4.78, 5) is 15.6. The molecule has 0 aliphatic heterocycles. The van der Waals surface area contributed by atoms with Crippen LogP contribution in [0.5, 0.6) is 0 Å². The molecule has 8 aromatic carbocycles. The van der Waals surface area contributed by atoms with Gasteiger partial charge in [0.25, 0.3) is 0 Å². The molecule has 10 aromatic rings. The topological polar surface area (TPSA) is 51.8 Å². The van der Waals surface area contributed by atoms with E-state index in [1.165, 1.54) is 16.2 Å². The van der Waals surface area contributed by atoms with Crippen molar-refractivity contribution in [1.29, 1.82) is 0 Å². The predicted molar refractivity (Wildman–Crippen MR) is 209 cm³/mol. The number of aromatic nitrogens is 3. The van der Waals surface area contributed by atoms with Crippen molar-refractivity contribution in [1.82, 2.24) is 15.0 Å². The van der Waals surface area contributed by atoms with Gasteiger partial charge in [-0.3, -0.25) is 0 Å². The van der Waals surface area contributed by atoms with Crippen molar-refractivity contribution in [2.45, 2.75) is 0 Å². The Morgan fingerprint density at radius 3 is 1.65 bits per heavy atom. The van der Waals surface area contributed by atoms with E-state index in [1.807, 2.05) is 30.3 Å². The van der Waals surface area contributed by atoms with Crippen LogP contribution in [0.4, 0.5) is 0 Å². The first-order valence-electron chi connectivity index (χ1n) is 17.1. The van der Waals surface area contributed by atoms with Crippen LogP contribution in [-0.4, -0.2) is 15.0 Å². The predicted octanol–water partition coefficient (Wildman–Crippen LogP) is 12.4. The molecule has 0 saturated carbocycles. The highest BCUT2D eigenvalue weighted by Crippen LogP contribution is 2.40. The summed E-state index contributed by atoms with van der Waals surface area (Å²) in [5.74, 6) is 1.82. The average Bonchev–Trinajstić information content (AvgIpc) is 3.59. The molecule has 51 heavy (non-hydrogen) atoms. The summed E-state index contributed by atoms with van der Waals surface area (Å²) < 4.78 is 6.47. The van der Waals surface area contributed by atoms with E-state index in [4.69, 9.17) is 19.4 Å². The molecular formula is C47H29N3O. The first-order chi connectivity index (χ1) is 25.2. The molecule has 0 spiro atoms. The van der Waals surface area contributed by atoms with Crippen molar-refractivity contribution in [3.8, 4) is 56.4 Å². The molecule has 0 bridgehead atoms. The fourth-order valence-corrected chi connectivity index (χ4v) is 7.18. The molecule has 10 rings (SSSR count). The molecule has 0 fully saturated rings. The van der Waals surface area contributed by atoms with Crippen LogP contribution in [-0.2, 0) is 0 Å². The van der Waals surface area contributed by atoms with Gasteiger partial charge in [0.2, 0.25) is 0 Å². The van der Waals surface area contributed by atoms with Gasteiger partial charge >= 0.3 is 0 Å². The molecular weight excluding hydrogens is 623 g/mol. The first kappa shape index (κ1) is 29.0. The monoisotopic (exact) mass is 651 g/mol. The lowest BCUT2D eigenvalue weighted by Gasteiger charge is -2.12. The van der Waals surface area contributed by atoms with Gasteiger partial charge in [0.1, 0.15) is 11.2 Å². The maximum Gasteiger partial charge on any atom is 0.164 e. The van der Waals surface area contributed by atoms with E-state index >= 15 is 0 Å². The molecule has 0 saturated heterocycles. The number of furan rings is 1. The van der Waals surface area contributed by atoms with Crippen molar-refractivity contribution < 1.29 is 4.42 Å². The van der Waals surface area contributed by atoms with Crippen molar-refractivity contribution in [2.75, 3.05) is 0 Å². The summed E-state index contributed by atoms with van der Waals surface area (Å²) in [6.45, 7) is 0. The molecule has 4 heteroatoms. The maximum absolute atomic E-state index is 6.47. The lowest BCUT2D eigenvalue weighted by molar-refractivity contribution is 0.669. The van der Waals surface area contributed by atoms with Crippen LogP contribution >= 0.6 is 0 Å². The van der Waals surface area contributed by atoms with E-state index in [2.05, 4.69) is 146 Å². The molecule has 0 aliphatic carbocycles. The number of para-hydroxylation sites is 1. The summed E-state index contributed by atoms with van der Waals surface area (Å²) in [6, 6.07) is 61.1. The minimum absolute atomic E-state index is 0.593. The van der Waals surface area contributed by atoms with Crippen LogP contribution in [0.1, 0.15) is 0 Å². The van der Waals surface area contributed by atoms with E-state index in [1.54, 1.807) is 0 Å². The first-order valence-corrected chi connectivity index (χ1v) is 17.1. The van der Waals surface area contributed by atoms with Gasteiger partial charge < -0.3 is 4.42 Å². The van der Waals surface area contributed by atoms with Crippen molar-refractivity contribution in [3.63, 3.8) is 0 Å². The second-order valence-electron chi connectivity index (χ2n) is 12.8. The number of rotatable bonds is 5. The van der Waals surface area contributed by atoms with Gasteiger partial charge in [-0.15, -0.1) is 0 Å². The highest BCUT2D eigenvalue weighted by Gasteiger charge is 2.20. The third-order valence-electron chi connectivity index (χ3n) is 9.72. The third-order valence-corrected chi connectivity index (χ3v) is 9.72. The number of fused-ring (bicyclic) bond motifs is 6. The summed E-state index contributed by atoms with van der Waals surface area (Å²) in [7, 11) is 0. The molecule has 2 aromatic heterocycles. The Bertz CT molecular complexity index is 2900. The summed E-state index contributed by atoms with van der Waals surface area (Å²) in [5.41, 5.74) is 8.78. The third kappa shape index (κ3) is 5.13. The summed E-state index contributed by atoms with van der Waals surface area (Å²) in [5, 5.41) is 6.79. The summed E-state index contributed by atoms with van der Waals surface area (Å²) >= 11 is 0. The molecule has 0 atom stereocenters. The fraction of sp³-hybridized carbons (Fsp3) is 0. The molecule has 0 N–H and O–H groups in total. The van der Waals surface area contributed by atoms with Crippen molar-refractivity contribution in [3.05, 3.63) is 176 Å². The van der Waals surface area contributed by atoms with Crippen molar-refractivity contribution >= 4 is 43.5 Å². The van der Waals surface area contributed by atoms with Crippen LogP contribution in [0, 0.1) is 0 Å². The smallest absolute Gasteiger partial charge is 0.164 e. The molecule has 2 heterocycles. The largest absolute Gasteiger partial charge is 0.456 e. The van der Waals surface area contributed by atoms with E-state index in [-0.39, 0.29) is 0 Å². The summed E-state index contributed by atoms with van der Waals surface area (Å²) in [6.07, 6.45) is 0. The van der Waals surface area contributed by atoms with Crippen LogP contribution in [0.25, 0.3) is 99.9 Å². The lowest BCUT2D eigenvalue weighted by atomic mass is 9.98. The maximum atomic E-state index is 6.47. The SMILES string of the molecule is c1ccc(-c2ccc(-c3nc(-c4ccc5c(ccc6ccccc65)c4)nc(-c4cc(-c5ccccc5)cc5oc6ccccc6c45)n3)cc2)cc1. The van der Waals surface area contributed by atoms with Gasteiger partial charge in [-0.05, 0) is 68.1 Å². The van der Waals surface area contributed by atoms with E-state index in [0.717, 1.165) is 66.3 Å². The van der Waals surface area contributed by atoms with Crippen LogP contribution in [0.15, 0.2) is 180 Å². The van der Waals surface area contributed by atoms with E-state index in [9.17, 15) is 0 Å².